The zero-order chi connectivity index (χ0) is 12.5. The van der Waals surface area contributed by atoms with Gasteiger partial charge in [0.25, 0.3) is 0 Å². The summed E-state index contributed by atoms with van der Waals surface area (Å²) in [5, 5.41) is 5.89. The number of nitrogens with zero attached hydrogens (tertiary/aromatic N) is 1. The second-order valence-electron chi connectivity index (χ2n) is 4.04. The standard InChI is InChI=1S/C14H12N2O2/c1-17-12-5-4-9-6-11(3-2-10(9)7-12)14-13(15)8-16-18-14/h2-8H,15H2,1H3. The molecule has 0 aliphatic carbocycles. The van der Waals surface area contributed by atoms with Crippen molar-refractivity contribution >= 4 is 16.5 Å². The van der Waals surface area contributed by atoms with Crippen molar-refractivity contribution in [1.29, 1.82) is 0 Å². The summed E-state index contributed by atoms with van der Waals surface area (Å²) in [7, 11) is 1.66. The topological polar surface area (TPSA) is 61.3 Å². The van der Waals surface area contributed by atoms with Crippen molar-refractivity contribution in [3.8, 4) is 17.1 Å². The third kappa shape index (κ3) is 1.68. The Morgan fingerprint density at radius 2 is 1.89 bits per heavy atom. The number of rotatable bonds is 2. The van der Waals surface area contributed by atoms with Gasteiger partial charge in [0.05, 0.1) is 13.3 Å². The zero-order valence-corrected chi connectivity index (χ0v) is 9.88. The summed E-state index contributed by atoms with van der Waals surface area (Å²) in [4.78, 5) is 0. The van der Waals surface area contributed by atoms with Crippen LogP contribution < -0.4 is 10.5 Å². The molecule has 18 heavy (non-hydrogen) atoms. The van der Waals surface area contributed by atoms with Crippen LogP contribution in [0.2, 0.25) is 0 Å². The molecule has 0 saturated carbocycles. The number of nitrogen functional groups attached to an aromatic ring is 1. The van der Waals surface area contributed by atoms with Crippen molar-refractivity contribution in [1.82, 2.24) is 5.16 Å². The van der Waals surface area contributed by atoms with Crippen molar-refractivity contribution in [3.05, 3.63) is 42.6 Å². The second kappa shape index (κ2) is 4.07. The largest absolute Gasteiger partial charge is 0.497 e. The van der Waals surface area contributed by atoms with Crippen LogP contribution in [0.25, 0.3) is 22.1 Å². The maximum Gasteiger partial charge on any atom is 0.189 e. The molecule has 0 saturated heterocycles. The Morgan fingerprint density at radius 1 is 1.11 bits per heavy atom. The molecule has 0 aliphatic rings. The molecule has 0 aliphatic heterocycles. The number of anilines is 1. The number of hydrogen-bond acceptors (Lipinski definition) is 4. The molecule has 0 fully saturated rings. The molecule has 0 bridgehead atoms. The first-order chi connectivity index (χ1) is 8.78. The van der Waals surface area contributed by atoms with Gasteiger partial charge in [-0.1, -0.05) is 23.4 Å². The number of hydrogen-bond donors (Lipinski definition) is 1. The van der Waals surface area contributed by atoms with E-state index < -0.39 is 0 Å². The minimum atomic E-state index is 0.544. The summed E-state index contributed by atoms with van der Waals surface area (Å²) in [5.74, 6) is 1.45. The normalized spacial score (nSPS) is 10.7. The smallest absolute Gasteiger partial charge is 0.189 e. The van der Waals surface area contributed by atoms with E-state index in [4.69, 9.17) is 15.0 Å². The molecule has 3 aromatic rings. The Balaban J connectivity index is 2.15. The van der Waals surface area contributed by atoms with E-state index in [1.165, 1.54) is 6.20 Å². The Bertz CT molecular complexity index is 704. The minimum absolute atomic E-state index is 0.544. The van der Waals surface area contributed by atoms with Crippen LogP contribution in [0.15, 0.2) is 47.1 Å². The first-order valence-corrected chi connectivity index (χ1v) is 5.56. The molecule has 0 unspecified atom stereocenters. The molecule has 2 N–H and O–H groups in total. The lowest BCUT2D eigenvalue weighted by Gasteiger charge is -2.04. The Hall–Kier alpha value is -2.49. The van der Waals surface area contributed by atoms with E-state index in [0.29, 0.717) is 11.4 Å². The van der Waals surface area contributed by atoms with Gasteiger partial charge in [-0.15, -0.1) is 0 Å². The number of aromatic nitrogens is 1. The number of benzene rings is 2. The minimum Gasteiger partial charge on any atom is -0.497 e. The first-order valence-electron chi connectivity index (χ1n) is 5.56. The monoisotopic (exact) mass is 240 g/mol. The average Bonchev–Trinajstić information content (AvgIpc) is 2.84. The third-order valence-electron chi connectivity index (χ3n) is 2.91. The molecular weight excluding hydrogens is 228 g/mol. The Labute approximate surface area is 104 Å². The highest BCUT2D eigenvalue weighted by Gasteiger charge is 2.08. The van der Waals surface area contributed by atoms with Gasteiger partial charge in [-0.25, -0.2) is 0 Å². The quantitative estimate of drug-likeness (QED) is 0.747. The van der Waals surface area contributed by atoms with Gasteiger partial charge in [-0.3, -0.25) is 0 Å². The molecule has 1 aromatic heterocycles. The van der Waals surface area contributed by atoms with Gasteiger partial charge in [-0.05, 0) is 29.0 Å². The van der Waals surface area contributed by atoms with Crippen molar-refractivity contribution in [3.63, 3.8) is 0 Å². The van der Waals surface area contributed by atoms with Gasteiger partial charge >= 0.3 is 0 Å². The zero-order valence-electron chi connectivity index (χ0n) is 9.88. The molecule has 0 amide bonds. The predicted octanol–water partition coefficient (Wildman–Crippen LogP) is 3.09. The van der Waals surface area contributed by atoms with E-state index in [-0.39, 0.29) is 0 Å². The summed E-state index contributed by atoms with van der Waals surface area (Å²) in [5.41, 5.74) is 7.25. The van der Waals surface area contributed by atoms with Crippen molar-refractivity contribution < 1.29 is 9.26 Å². The van der Waals surface area contributed by atoms with Gasteiger partial charge in [0.2, 0.25) is 0 Å². The number of nitrogens with two attached hydrogens (primary N) is 1. The van der Waals surface area contributed by atoms with Crippen LogP contribution in [-0.2, 0) is 0 Å². The van der Waals surface area contributed by atoms with Crippen LogP contribution in [0.5, 0.6) is 5.75 Å². The fraction of sp³-hybridized carbons (Fsp3) is 0.0714. The van der Waals surface area contributed by atoms with Crippen molar-refractivity contribution in [2.24, 2.45) is 0 Å². The number of fused-ring (bicyclic) bond motifs is 1. The van der Waals surface area contributed by atoms with E-state index in [1.54, 1.807) is 7.11 Å². The fourth-order valence-corrected chi connectivity index (χ4v) is 1.96. The molecule has 90 valence electrons. The molecule has 0 atom stereocenters. The molecule has 0 radical (unpaired) electrons. The lowest BCUT2D eigenvalue weighted by atomic mass is 10.0. The summed E-state index contributed by atoms with van der Waals surface area (Å²) in [6, 6.07) is 11.9. The van der Waals surface area contributed by atoms with Crippen LogP contribution in [0, 0.1) is 0 Å². The molecule has 3 rings (SSSR count). The van der Waals surface area contributed by atoms with E-state index in [9.17, 15) is 0 Å². The molecular formula is C14H12N2O2. The van der Waals surface area contributed by atoms with Crippen LogP contribution in [-0.4, -0.2) is 12.3 Å². The fourth-order valence-electron chi connectivity index (χ4n) is 1.96. The third-order valence-corrected chi connectivity index (χ3v) is 2.91. The first kappa shape index (κ1) is 10.7. The molecule has 1 heterocycles. The molecule has 4 heteroatoms. The summed E-state index contributed by atoms with van der Waals surface area (Å²) in [6.45, 7) is 0. The van der Waals surface area contributed by atoms with E-state index in [1.807, 2.05) is 36.4 Å². The SMILES string of the molecule is COc1ccc2cc(-c3oncc3N)ccc2c1. The van der Waals surface area contributed by atoms with Crippen molar-refractivity contribution in [2.45, 2.75) is 0 Å². The molecule has 4 nitrogen and oxygen atoms in total. The maximum absolute atomic E-state index is 5.79. The van der Waals surface area contributed by atoms with E-state index in [0.717, 1.165) is 22.1 Å². The highest BCUT2D eigenvalue weighted by Crippen LogP contribution is 2.29. The summed E-state index contributed by atoms with van der Waals surface area (Å²) >= 11 is 0. The maximum atomic E-state index is 5.79. The van der Waals surface area contributed by atoms with Gasteiger partial charge in [0, 0.05) is 5.56 Å². The second-order valence-corrected chi connectivity index (χ2v) is 4.04. The average molecular weight is 240 g/mol. The number of methoxy groups -OCH3 is 1. The Morgan fingerprint density at radius 3 is 2.61 bits per heavy atom. The van der Waals surface area contributed by atoms with E-state index in [2.05, 4.69) is 5.16 Å². The van der Waals surface area contributed by atoms with Crippen molar-refractivity contribution in [2.75, 3.05) is 12.8 Å². The highest BCUT2D eigenvalue weighted by atomic mass is 16.5. The lowest BCUT2D eigenvalue weighted by molar-refractivity contribution is 0.415. The lowest BCUT2D eigenvalue weighted by Crippen LogP contribution is -1.86. The van der Waals surface area contributed by atoms with Crippen LogP contribution >= 0.6 is 0 Å². The molecule has 2 aromatic carbocycles. The van der Waals surface area contributed by atoms with Crippen LogP contribution in [0.1, 0.15) is 0 Å². The van der Waals surface area contributed by atoms with Gasteiger partial charge in [0.15, 0.2) is 5.76 Å². The van der Waals surface area contributed by atoms with Crippen LogP contribution in [0.4, 0.5) is 5.69 Å². The summed E-state index contributed by atoms with van der Waals surface area (Å²) < 4.78 is 10.3. The van der Waals surface area contributed by atoms with Gasteiger partial charge in [-0.2, -0.15) is 0 Å². The predicted molar refractivity (Wildman–Crippen MR) is 70.4 cm³/mol. The number of ether oxygens (including phenoxy) is 1. The summed E-state index contributed by atoms with van der Waals surface area (Å²) in [6.07, 6.45) is 1.51. The Kier molecular flexibility index (Phi) is 2.41. The van der Waals surface area contributed by atoms with Gasteiger partial charge < -0.3 is 15.0 Å². The van der Waals surface area contributed by atoms with Crippen LogP contribution in [0.3, 0.4) is 0 Å². The van der Waals surface area contributed by atoms with Gasteiger partial charge in [0.1, 0.15) is 11.4 Å². The highest BCUT2D eigenvalue weighted by molar-refractivity contribution is 5.89. The molecule has 0 spiro atoms. The van der Waals surface area contributed by atoms with E-state index >= 15 is 0 Å².